The van der Waals surface area contributed by atoms with Crippen LogP contribution in [0.1, 0.15) is 59.2 Å². The van der Waals surface area contributed by atoms with Crippen molar-refractivity contribution in [3.8, 4) is 5.88 Å². The van der Waals surface area contributed by atoms with Crippen LogP contribution in [0.3, 0.4) is 0 Å². The summed E-state index contributed by atoms with van der Waals surface area (Å²) in [5, 5.41) is 3.24. The van der Waals surface area contributed by atoms with E-state index in [1.165, 1.54) is 12.8 Å². The maximum Gasteiger partial charge on any atom is 0.218 e. The summed E-state index contributed by atoms with van der Waals surface area (Å²) in [6.07, 6.45) is 5.82. The van der Waals surface area contributed by atoms with Crippen molar-refractivity contribution in [3.05, 3.63) is 11.9 Å². The Labute approximate surface area is 122 Å². The molecule has 1 saturated carbocycles. The number of ether oxygens (including phenoxy) is 1. The van der Waals surface area contributed by atoms with Gasteiger partial charge in [-0.3, -0.25) is 0 Å². The van der Waals surface area contributed by atoms with E-state index in [1.54, 1.807) is 0 Å². The van der Waals surface area contributed by atoms with E-state index in [2.05, 4.69) is 43.0 Å². The third-order valence-electron chi connectivity index (χ3n) is 4.00. The van der Waals surface area contributed by atoms with E-state index < -0.39 is 0 Å². The van der Waals surface area contributed by atoms with E-state index in [1.807, 2.05) is 6.07 Å². The Hall–Kier alpha value is -1.32. The summed E-state index contributed by atoms with van der Waals surface area (Å²) >= 11 is 0. The molecule has 0 spiro atoms. The molecule has 0 aromatic carbocycles. The number of hydrogen-bond acceptors (Lipinski definition) is 4. The normalized spacial score (nSPS) is 18.8. The monoisotopic (exact) mass is 277 g/mol. The third kappa shape index (κ3) is 4.09. The van der Waals surface area contributed by atoms with E-state index in [4.69, 9.17) is 4.74 Å². The SMILES string of the molecule is CCNc1cc(OC2CCC(C)(C)CC2)nc(CC)n1. The predicted molar refractivity (Wildman–Crippen MR) is 82.2 cm³/mol. The van der Waals surface area contributed by atoms with E-state index in [-0.39, 0.29) is 0 Å². The van der Waals surface area contributed by atoms with Crippen molar-refractivity contribution in [1.82, 2.24) is 9.97 Å². The van der Waals surface area contributed by atoms with Crippen molar-refractivity contribution in [3.63, 3.8) is 0 Å². The van der Waals surface area contributed by atoms with Gasteiger partial charge in [-0.25, -0.2) is 4.98 Å². The van der Waals surface area contributed by atoms with Gasteiger partial charge in [-0.15, -0.1) is 0 Å². The molecule has 1 heterocycles. The van der Waals surface area contributed by atoms with Crippen molar-refractivity contribution in [2.24, 2.45) is 5.41 Å². The molecule has 20 heavy (non-hydrogen) atoms. The van der Waals surface area contributed by atoms with Gasteiger partial charge in [0.2, 0.25) is 5.88 Å². The third-order valence-corrected chi connectivity index (χ3v) is 4.00. The largest absolute Gasteiger partial charge is 0.474 e. The number of aryl methyl sites for hydroxylation is 1. The Morgan fingerprint density at radius 2 is 1.95 bits per heavy atom. The number of hydrogen-bond donors (Lipinski definition) is 1. The molecular weight excluding hydrogens is 250 g/mol. The highest BCUT2D eigenvalue weighted by Gasteiger charge is 2.28. The molecule has 0 amide bonds. The molecule has 4 heteroatoms. The lowest BCUT2D eigenvalue weighted by Gasteiger charge is -2.34. The van der Waals surface area contributed by atoms with Crippen LogP contribution in [0.25, 0.3) is 0 Å². The van der Waals surface area contributed by atoms with Crippen LogP contribution < -0.4 is 10.1 Å². The van der Waals surface area contributed by atoms with Crippen LogP contribution in [0.5, 0.6) is 5.88 Å². The summed E-state index contributed by atoms with van der Waals surface area (Å²) in [6.45, 7) is 9.67. The molecule has 0 aliphatic heterocycles. The maximum absolute atomic E-state index is 6.09. The Morgan fingerprint density at radius 3 is 2.55 bits per heavy atom. The lowest BCUT2D eigenvalue weighted by molar-refractivity contribution is 0.0946. The molecule has 0 unspecified atom stereocenters. The van der Waals surface area contributed by atoms with E-state index in [0.29, 0.717) is 11.5 Å². The second-order valence-corrected chi connectivity index (χ2v) is 6.37. The summed E-state index contributed by atoms with van der Waals surface area (Å²) in [5.74, 6) is 2.43. The van der Waals surface area contributed by atoms with Crippen LogP contribution in [0.4, 0.5) is 5.82 Å². The van der Waals surface area contributed by atoms with Crippen molar-refractivity contribution < 1.29 is 4.74 Å². The zero-order valence-electron chi connectivity index (χ0n) is 13.2. The minimum Gasteiger partial charge on any atom is -0.474 e. The Balaban J connectivity index is 2.03. The van der Waals surface area contributed by atoms with Crippen LogP contribution in [0.15, 0.2) is 6.07 Å². The van der Waals surface area contributed by atoms with Crippen LogP contribution in [0.2, 0.25) is 0 Å². The standard InChI is InChI=1S/C16H27N3O/c1-5-13-18-14(17-6-2)11-15(19-13)20-12-7-9-16(3,4)10-8-12/h11-12H,5-10H2,1-4H3,(H,17,18,19). The molecule has 1 N–H and O–H groups in total. The number of anilines is 1. The fourth-order valence-corrected chi connectivity index (χ4v) is 2.62. The van der Waals surface area contributed by atoms with Gasteiger partial charge >= 0.3 is 0 Å². The fraction of sp³-hybridized carbons (Fsp3) is 0.750. The molecule has 1 aromatic heterocycles. The molecule has 1 fully saturated rings. The number of aromatic nitrogens is 2. The summed E-state index contributed by atoms with van der Waals surface area (Å²) in [5.41, 5.74) is 0.467. The summed E-state index contributed by atoms with van der Waals surface area (Å²) in [7, 11) is 0. The summed E-state index contributed by atoms with van der Waals surface area (Å²) in [6, 6.07) is 1.92. The molecule has 1 aliphatic carbocycles. The Bertz CT molecular complexity index is 435. The topological polar surface area (TPSA) is 47.0 Å². The minimum absolute atomic E-state index is 0.303. The molecule has 112 valence electrons. The van der Waals surface area contributed by atoms with Crippen molar-refractivity contribution >= 4 is 5.82 Å². The average molecular weight is 277 g/mol. The Morgan fingerprint density at radius 1 is 1.25 bits per heavy atom. The van der Waals surface area contributed by atoms with Crippen LogP contribution in [-0.2, 0) is 6.42 Å². The van der Waals surface area contributed by atoms with Crippen molar-refractivity contribution in [2.45, 2.75) is 65.9 Å². The van der Waals surface area contributed by atoms with Crippen LogP contribution in [-0.4, -0.2) is 22.6 Å². The number of nitrogens with zero attached hydrogens (tertiary/aromatic N) is 2. The second kappa shape index (κ2) is 6.42. The summed E-state index contributed by atoms with van der Waals surface area (Å²) < 4.78 is 6.09. The minimum atomic E-state index is 0.303. The van der Waals surface area contributed by atoms with Crippen molar-refractivity contribution in [2.75, 3.05) is 11.9 Å². The molecule has 4 nitrogen and oxygen atoms in total. The van der Waals surface area contributed by atoms with Gasteiger partial charge in [-0.1, -0.05) is 20.8 Å². The highest BCUT2D eigenvalue weighted by Crippen LogP contribution is 2.36. The van der Waals surface area contributed by atoms with Gasteiger partial charge in [0, 0.05) is 19.0 Å². The first-order valence-electron chi connectivity index (χ1n) is 7.81. The molecule has 2 rings (SSSR count). The zero-order valence-corrected chi connectivity index (χ0v) is 13.2. The van der Waals surface area contributed by atoms with Gasteiger partial charge < -0.3 is 10.1 Å². The first-order valence-corrected chi connectivity index (χ1v) is 7.81. The first kappa shape index (κ1) is 15.1. The molecule has 1 aliphatic rings. The lowest BCUT2D eigenvalue weighted by Crippen LogP contribution is -2.28. The van der Waals surface area contributed by atoms with E-state index in [0.717, 1.165) is 43.3 Å². The molecular formula is C16H27N3O. The average Bonchev–Trinajstić information content (AvgIpc) is 2.41. The van der Waals surface area contributed by atoms with Gasteiger partial charge in [0.15, 0.2) is 0 Å². The quantitative estimate of drug-likeness (QED) is 0.889. The summed E-state index contributed by atoms with van der Waals surface area (Å²) in [4.78, 5) is 8.95. The van der Waals surface area contributed by atoms with Crippen LogP contribution >= 0.6 is 0 Å². The van der Waals surface area contributed by atoms with Crippen LogP contribution in [0, 0.1) is 5.41 Å². The molecule has 1 aromatic rings. The lowest BCUT2D eigenvalue weighted by atomic mass is 9.76. The van der Waals surface area contributed by atoms with E-state index >= 15 is 0 Å². The molecule has 0 atom stereocenters. The van der Waals surface area contributed by atoms with Gasteiger partial charge in [-0.2, -0.15) is 4.98 Å². The number of nitrogens with one attached hydrogen (secondary N) is 1. The fourth-order valence-electron chi connectivity index (χ4n) is 2.62. The second-order valence-electron chi connectivity index (χ2n) is 6.37. The molecule has 0 radical (unpaired) electrons. The highest BCUT2D eigenvalue weighted by atomic mass is 16.5. The van der Waals surface area contributed by atoms with Gasteiger partial charge in [0.25, 0.3) is 0 Å². The number of rotatable bonds is 5. The van der Waals surface area contributed by atoms with E-state index in [9.17, 15) is 0 Å². The van der Waals surface area contributed by atoms with Crippen molar-refractivity contribution in [1.29, 1.82) is 0 Å². The first-order chi connectivity index (χ1) is 9.52. The Kier molecular flexibility index (Phi) is 4.84. The zero-order chi connectivity index (χ0) is 14.6. The maximum atomic E-state index is 6.09. The van der Waals surface area contributed by atoms with Gasteiger partial charge in [-0.05, 0) is 38.0 Å². The van der Waals surface area contributed by atoms with Gasteiger partial charge in [0.1, 0.15) is 17.7 Å². The predicted octanol–water partition coefficient (Wildman–Crippen LogP) is 3.82. The van der Waals surface area contributed by atoms with Gasteiger partial charge in [0.05, 0.1) is 0 Å². The molecule has 0 saturated heterocycles. The smallest absolute Gasteiger partial charge is 0.218 e. The molecule has 0 bridgehead atoms. The highest BCUT2D eigenvalue weighted by molar-refractivity contribution is 5.38.